The second-order valence-corrected chi connectivity index (χ2v) is 5.90. The normalized spacial score (nSPS) is 17.0. The van der Waals surface area contributed by atoms with E-state index in [-0.39, 0.29) is 37.9 Å². The Hall–Kier alpha value is -2.28. The van der Waals surface area contributed by atoms with Gasteiger partial charge in [-0.15, -0.1) is 0 Å². The molecule has 1 N–H and O–H groups in total. The molecule has 0 aliphatic carbocycles. The first-order chi connectivity index (χ1) is 11.4. The summed E-state index contributed by atoms with van der Waals surface area (Å²) in [5.74, 6) is -1.74. The lowest BCUT2D eigenvalue weighted by Gasteiger charge is -2.23. The van der Waals surface area contributed by atoms with Crippen LogP contribution in [-0.2, 0) is 14.4 Å². The van der Waals surface area contributed by atoms with Gasteiger partial charge in [-0.25, -0.2) is 0 Å². The molecule has 7 nitrogen and oxygen atoms in total. The number of benzene rings is 1. The van der Waals surface area contributed by atoms with E-state index in [0.29, 0.717) is 16.5 Å². The summed E-state index contributed by atoms with van der Waals surface area (Å²) in [6, 6.07) is 4.92. The van der Waals surface area contributed by atoms with E-state index in [9.17, 15) is 14.4 Å². The van der Waals surface area contributed by atoms with Gasteiger partial charge in [0.25, 0.3) is 0 Å². The highest BCUT2D eigenvalue weighted by molar-refractivity contribution is 6.31. The first-order valence-electron chi connectivity index (χ1n) is 7.51. The van der Waals surface area contributed by atoms with Crippen LogP contribution >= 0.6 is 11.6 Å². The maximum absolute atomic E-state index is 12.5. The van der Waals surface area contributed by atoms with Gasteiger partial charge < -0.3 is 19.6 Å². The van der Waals surface area contributed by atoms with Crippen molar-refractivity contribution in [2.45, 2.75) is 13.3 Å². The van der Waals surface area contributed by atoms with Crippen molar-refractivity contribution in [3.63, 3.8) is 0 Å². The molecule has 1 aliphatic rings. The van der Waals surface area contributed by atoms with Gasteiger partial charge in [0, 0.05) is 24.5 Å². The third kappa shape index (κ3) is 3.79. The van der Waals surface area contributed by atoms with Crippen LogP contribution in [0.4, 0.5) is 5.69 Å². The number of likely N-dealkylation sites (N-methyl/N-ethyl adjacent to an activating group) is 1. The van der Waals surface area contributed by atoms with Crippen molar-refractivity contribution in [2.75, 3.05) is 31.6 Å². The summed E-state index contributed by atoms with van der Waals surface area (Å²) >= 11 is 6.00. The fourth-order valence-corrected chi connectivity index (χ4v) is 2.91. The van der Waals surface area contributed by atoms with Crippen molar-refractivity contribution in [2.24, 2.45) is 5.92 Å². The summed E-state index contributed by atoms with van der Waals surface area (Å²) in [6.07, 6.45) is 0.0324. The maximum Gasteiger partial charge on any atom is 0.323 e. The largest absolute Gasteiger partial charge is 0.495 e. The fourth-order valence-electron chi connectivity index (χ4n) is 2.75. The van der Waals surface area contributed by atoms with Gasteiger partial charge in [0.15, 0.2) is 0 Å². The number of carboxylic acid groups (broad SMARTS) is 1. The number of carbonyl (C=O) groups is 3. The third-order valence-electron chi connectivity index (χ3n) is 3.93. The highest BCUT2D eigenvalue weighted by Crippen LogP contribution is 2.35. The van der Waals surface area contributed by atoms with Crippen LogP contribution in [0.2, 0.25) is 5.02 Å². The molecule has 1 aromatic carbocycles. The molecule has 24 heavy (non-hydrogen) atoms. The van der Waals surface area contributed by atoms with Gasteiger partial charge in [0.05, 0.1) is 18.7 Å². The van der Waals surface area contributed by atoms with E-state index in [4.69, 9.17) is 21.4 Å². The Labute approximate surface area is 144 Å². The number of methoxy groups -OCH3 is 1. The number of anilines is 1. The van der Waals surface area contributed by atoms with Crippen molar-refractivity contribution in [3.8, 4) is 5.75 Å². The molecule has 2 amide bonds. The Kier molecular flexibility index (Phi) is 5.66. The number of carboxylic acids is 1. The van der Waals surface area contributed by atoms with Gasteiger partial charge in [0.1, 0.15) is 12.3 Å². The lowest BCUT2D eigenvalue weighted by molar-refractivity contribution is -0.146. The summed E-state index contributed by atoms with van der Waals surface area (Å²) in [5, 5.41) is 9.34. The standard InChI is InChI=1S/C16H19ClN2O5/c1-3-18(9-15(21)22)16(23)10-6-14(20)19(8-10)12-7-11(17)4-5-13(12)24-2/h4-5,7,10H,3,6,8-9H2,1-2H3,(H,21,22). The number of amides is 2. The molecule has 2 rings (SSSR count). The number of carbonyl (C=O) groups excluding carboxylic acids is 2. The quantitative estimate of drug-likeness (QED) is 0.839. The second-order valence-electron chi connectivity index (χ2n) is 5.47. The summed E-state index contributed by atoms with van der Waals surface area (Å²) < 4.78 is 5.25. The predicted molar refractivity (Wildman–Crippen MR) is 88.4 cm³/mol. The minimum atomic E-state index is -1.08. The van der Waals surface area contributed by atoms with E-state index in [0.717, 1.165) is 0 Å². The lowest BCUT2D eigenvalue weighted by atomic mass is 10.1. The van der Waals surface area contributed by atoms with Crippen LogP contribution < -0.4 is 9.64 Å². The molecule has 1 unspecified atom stereocenters. The molecule has 8 heteroatoms. The first kappa shape index (κ1) is 18.1. The zero-order valence-corrected chi connectivity index (χ0v) is 14.2. The van der Waals surface area contributed by atoms with E-state index >= 15 is 0 Å². The van der Waals surface area contributed by atoms with Crippen molar-refractivity contribution in [1.29, 1.82) is 0 Å². The number of ether oxygens (including phenoxy) is 1. The number of hydrogen-bond acceptors (Lipinski definition) is 4. The summed E-state index contributed by atoms with van der Waals surface area (Å²) in [5.41, 5.74) is 0.506. The molecule has 0 saturated carbocycles. The Morgan fingerprint density at radius 2 is 2.17 bits per heavy atom. The van der Waals surface area contributed by atoms with E-state index in [2.05, 4.69) is 0 Å². The van der Waals surface area contributed by atoms with Crippen LogP contribution in [0.3, 0.4) is 0 Å². The molecule has 1 atom stereocenters. The van der Waals surface area contributed by atoms with E-state index in [1.54, 1.807) is 25.1 Å². The SMILES string of the molecule is CCN(CC(=O)O)C(=O)C1CC(=O)N(c2cc(Cl)ccc2OC)C1. The summed E-state index contributed by atoms with van der Waals surface area (Å²) in [4.78, 5) is 38.4. The van der Waals surface area contributed by atoms with Gasteiger partial charge in [-0.3, -0.25) is 14.4 Å². The molecule has 0 aromatic heterocycles. The highest BCUT2D eigenvalue weighted by Gasteiger charge is 2.38. The van der Waals surface area contributed by atoms with E-state index in [1.807, 2.05) is 0 Å². The van der Waals surface area contributed by atoms with Crippen molar-refractivity contribution in [1.82, 2.24) is 4.90 Å². The van der Waals surface area contributed by atoms with Crippen LogP contribution in [-0.4, -0.2) is 54.5 Å². The second kappa shape index (κ2) is 7.53. The van der Waals surface area contributed by atoms with E-state index < -0.39 is 11.9 Å². The van der Waals surface area contributed by atoms with Crippen molar-refractivity contribution >= 4 is 35.1 Å². The summed E-state index contributed by atoms with van der Waals surface area (Å²) in [7, 11) is 1.49. The summed E-state index contributed by atoms with van der Waals surface area (Å²) in [6.45, 7) is 1.77. The topological polar surface area (TPSA) is 87.2 Å². The van der Waals surface area contributed by atoms with Crippen LogP contribution in [0.1, 0.15) is 13.3 Å². The average molecular weight is 355 g/mol. The van der Waals surface area contributed by atoms with Crippen LogP contribution in [0, 0.1) is 5.92 Å². The molecule has 1 aliphatic heterocycles. The maximum atomic E-state index is 12.5. The number of aliphatic carboxylic acids is 1. The molecule has 1 heterocycles. The Bertz CT molecular complexity index is 664. The van der Waals surface area contributed by atoms with Crippen LogP contribution in [0.25, 0.3) is 0 Å². The number of rotatable bonds is 6. The smallest absolute Gasteiger partial charge is 0.323 e. The molecule has 1 fully saturated rings. The van der Waals surface area contributed by atoms with E-state index in [1.165, 1.54) is 16.9 Å². The third-order valence-corrected chi connectivity index (χ3v) is 4.16. The number of nitrogens with zero attached hydrogens (tertiary/aromatic N) is 2. The van der Waals surface area contributed by atoms with Gasteiger partial charge in [-0.2, -0.15) is 0 Å². The van der Waals surface area contributed by atoms with Gasteiger partial charge in [0.2, 0.25) is 11.8 Å². The Balaban J connectivity index is 2.20. The van der Waals surface area contributed by atoms with Gasteiger partial charge >= 0.3 is 5.97 Å². The zero-order valence-electron chi connectivity index (χ0n) is 13.5. The minimum Gasteiger partial charge on any atom is -0.495 e. The first-order valence-corrected chi connectivity index (χ1v) is 7.89. The minimum absolute atomic E-state index is 0.0324. The van der Waals surface area contributed by atoms with Gasteiger partial charge in [-0.1, -0.05) is 11.6 Å². The molecular weight excluding hydrogens is 336 g/mol. The number of halogens is 1. The monoisotopic (exact) mass is 354 g/mol. The van der Waals surface area contributed by atoms with Crippen LogP contribution in [0.15, 0.2) is 18.2 Å². The molecule has 130 valence electrons. The van der Waals surface area contributed by atoms with Gasteiger partial charge in [-0.05, 0) is 25.1 Å². The number of hydrogen-bond donors (Lipinski definition) is 1. The Morgan fingerprint density at radius 1 is 1.46 bits per heavy atom. The zero-order chi connectivity index (χ0) is 17.9. The highest BCUT2D eigenvalue weighted by atomic mass is 35.5. The molecule has 0 bridgehead atoms. The fraction of sp³-hybridized carbons (Fsp3) is 0.438. The van der Waals surface area contributed by atoms with Crippen molar-refractivity contribution < 1.29 is 24.2 Å². The van der Waals surface area contributed by atoms with Crippen LogP contribution in [0.5, 0.6) is 5.75 Å². The van der Waals surface area contributed by atoms with Crippen molar-refractivity contribution in [3.05, 3.63) is 23.2 Å². The Morgan fingerprint density at radius 3 is 2.75 bits per heavy atom. The lowest BCUT2D eigenvalue weighted by Crippen LogP contribution is -2.40. The molecular formula is C16H19ClN2O5. The predicted octanol–water partition coefficient (Wildman–Crippen LogP) is 1.63. The average Bonchev–Trinajstić information content (AvgIpc) is 2.93. The molecule has 0 spiro atoms. The molecule has 0 radical (unpaired) electrons. The molecule has 1 aromatic rings. The molecule has 1 saturated heterocycles.